The van der Waals surface area contributed by atoms with Crippen LogP contribution in [0.3, 0.4) is 0 Å². The van der Waals surface area contributed by atoms with Gasteiger partial charge in [0.2, 0.25) is 5.91 Å². The predicted molar refractivity (Wildman–Crippen MR) is 93.4 cm³/mol. The van der Waals surface area contributed by atoms with Crippen molar-refractivity contribution in [2.75, 3.05) is 11.9 Å². The number of fused-ring (bicyclic) bond motifs is 1. The van der Waals surface area contributed by atoms with Gasteiger partial charge in [-0.25, -0.2) is 0 Å². The summed E-state index contributed by atoms with van der Waals surface area (Å²) < 4.78 is 0. The van der Waals surface area contributed by atoms with Crippen LogP contribution in [0.1, 0.15) is 33.6 Å². The summed E-state index contributed by atoms with van der Waals surface area (Å²) in [6, 6.07) is 14.0. The summed E-state index contributed by atoms with van der Waals surface area (Å²) in [6.07, 6.45) is 0.627. The van der Waals surface area contributed by atoms with E-state index in [-0.39, 0.29) is 30.7 Å². The van der Waals surface area contributed by atoms with Crippen molar-refractivity contribution < 1.29 is 14.4 Å². The third-order valence-electron chi connectivity index (χ3n) is 3.84. The topological polar surface area (TPSA) is 66.5 Å². The molecule has 0 fully saturated rings. The van der Waals surface area contributed by atoms with E-state index < -0.39 is 0 Å². The van der Waals surface area contributed by atoms with Gasteiger partial charge in [-0.2, -0.15) is 0 Å². The fourth-order valence-electron chi connectivity index (χ4n) is 2.63. The lowest BCUT2D eigenvalue weighted by molar-refractivity contribution is -0.116. The molecule has 0 bridgehead atoms. The van der Waals surface area contributed by atoms with E-state index in [0.717, 1.165) is 0 Å². The molecule has 2 aromatic rings. The van der Waals surface area contributed by atoms with Crippen molar-refractivity contribution in [1.82, 2.24) is 4.90 Å². The van der Waals surface area contributed by atoms with Gasteiger partial charge in [0.1, 0.15) is 0 Å². The highest BCUT2D eigenvalue weighted by Gasteiger charge is 2.34. The van der Waals surface area contributed by atoms with E-state index in [4.69, 9.17) is 0 Å². The van der Waals surface area contributed by atoms with Crippen LogP contribution in [-0.2, 0) is 4.79 Å². The molecule has 2 aromatic carbocycles. The second kappa shape index (κ2) is 6.88. The first kappa shape index (κ1) is 16.3. The highest BCUT2D eigenvalue weighted by atomic mass is 32.1. The van der Waals surface area contributed by atoms with Crippen LogP contribution in [0, 0.1) is 0 Å². The van der Waals surface area contributed by atoms with Crippen LogP contribution >= 0.6 is 12.6 Å². The number of thiol groups is 1. The number of hydrogen-bond donors (Lipinski definition) is 2. The number of nitrogens with one attached hydrogen (secondary N) is 1. The van der Waals surface area contributed by atoms with E-state index >= 15 is 0 Å². The SMILES string of the molecule is O=C(CCCN1C(=O)c2ccccc2C1=O)Nc1ccccc1S. The summed E-state index contributed by atoms with van der Waals surface area (Å²) in [5.74, 6) is -0.762. The maximum Gasteiger partial charge on any atom is 0.261 e. The lowest BCUT2D eigenvalue weighted by atomic mass is 10.1. The summed E-state index contributed by atoms with van der Waals surface area (Å²) in [4.78, 5) is 38.3. The number of anilines is 1. The van der Waals surface area contributed by atoms with Crippen molar-refractivity contribution in [3.8, 4) is 0 Å². The van der Waals surface area contributed by atoms with E-state index in [1.807, 2.05) is 12.1 Å². The summed E-state index contributed by atoms with van der Waals surface area (Å²) in [6.45, 7) is 0.224. The number of hydrogen-bond acceptors (Lipinski definition) is 4. The number of benzene rings is 2. The summed E-state index contributed by atoms with van der Waals surface area (Å²) in [7, 11) is 0. The second-order valence-electron chi connectivity index (χ2n) is 5.48. The van der Waals surface area contributed by atoms with Crippen LogP contribution < -0.4 is 5.32 Å². The zero-order chi connectivity index (χ0) is 17.1. The molecule has 0 aliphatic carbocycles. The Hall–Kier alpha value is -2.60. The molecule has 0 saturated heterocycles. The van der Waals surface area contributed by atoms with Crippen LogP contribution in [0.5, 0.6) is 0 Å². The molecule has 1 N–H and O–H groups in total. The van der Waals surface area contributed by atoms with Crippen LogP contribution in [0.25, 0.3) is 0 Å². The number of amides is 3. The lowest BCUT2D eigenvalue weighted by Crippen LogP contribution is -2.31. The molecule has 0 unspecified atom stereocenters. The van der Waals surface area contributed by atoms with E-state index in [1.165, 1.54) is 4.90 Å². The standard InChI is InChI=1S/C18H16N2O3S/c21-16(19-14-8-3-4-9-15(14)24)10-5-11-20-17(22)12-6-1-2-7-13(12)18(20)23/h1-4,6-9,24H,5,10-11H2,(H,19,21). The maximum absolute atomic E-state index is 12.2. The molecular formula is C18H16N2O3S. The predicted octanol–water partition coefficient (Wildman–Crippen LogP) is 2.99. The van der Waals surface area contributed by atoms with Gasteiger partial charge in [-0.05, 0) is 30.7 Å². The average Bonchev–Trinajstić information content (AvgIpc) is 2.82. The molecule has 0 atom stereocenters. The third-order valence-corrected chi connectivity index (χ3v) is 4.23. The minimum absolute atomic E-state index is 0.173. The molecule has 3 rings (SSSR count). The van der Waals surface area contributed by atoms with Gasteiger partial charge in [-0.3, -0.25) is 19.3 Å². The Morgan fingerprint density at radius 1 is 0.958 bits per heavy atom. The van der Waals surface area contributed by atoms with Gasteiger partial charge in [0, 0.05) is 17.9 Å². The highest BCUT2D eigenvalue weighted by molar-refractivity contribution is 7.80. The first-order chi connectivity index (χ1) is 11.6. The fraction of sp³-hybridized carbons (Fsp3) is 0.167. The molecule has 1 aliphatic heterocycles. The van der Waals surface area contributed by atoms with Gasteiger partial charge in [0.05, 0.1) is 16.8 Å². The first-order valence-electron chi connectivity index (χ1n) is 7.61. The second-order valence-corrected chi connectivity index (χ2v) is 5.96. The Kier molecular flexibility index (Phi) is 4.66. The van der Waals surface area contributed by atoms with E-state index in [0.29, 0.717) is 28.1 Å². The number of carbonyl (C=O) groups excluding carboxylic acids is 3. The highest BCUT2D eigenvalue weighted by Crippen LogP contribution is 2.23. The monoisotopic (exact) mass is 340 g/mol. The Labute approximate surface area is 145 Å². The Bertz CT molecular complexity index is 784. The van der Waals surface area contributed by atoms with Crippen LogP contribution in [0.15, 0.2) is 53.4 Å². The number of nitrogens with zero attached hydrogens (tertiary/aromatic N) is 1. The van der Waals surface area contributed by atoms with Gasteiger partial charge in [0.15, 0.2) is 0 Å². The van der Waals surface area contributed by atoms with Crippen molar-refractivity contribution in [2.24, 2.45) is 0 Å². The Morgan fingerprint density at radius 3 is 2.17 bits per heavy atom. The minimum Gasteiger partial charge on any atom is -0.325 e. The van der Waals surface area contributed by atoms with Gasteiger partial charge >= 0.3 is 0 Å². The molecule has 6 heteroatoms. The molecule has 0 radical (unpaired) electrons. The Balaban J connectivity index is 1.54. The van der Waals surface area contributed by atoms with Crippen LogP contribution in [-0.4, -0.2) is 29.2 Å². The van der Waals surface area contributed by atoms with Crippen LogP contribution in [0.4, 0.5) is 5.69 Å². The molecular weight excluding hydrogens is 324 g/mol. The summed E-state index contributed by atoms with van der Waals surface area (Å²) >= 11 is 4.27. The lowest BCUT2D eigenvalue weighted by Gasteiger charge is -2.13. The number of carbonyl (C=O) groups is 3. The minimum atomic E-state index is -0.295. The molecule has 0 aromatic heterocycles. The van der Waals surface area contributed by atoms with Crippen molar-refractivity contribution in [2.45, 2.75) is 17.7 Å². The van der Waals surface area contributed by atoms with E-state index in [9.17, 15) is 14.4 Å². The maximum atomic E-state index is 12.2. The van der Waals surface area contributed by atoms with Gasteiger partial charge < -0.3 is 5.32 Å². The molecule has 1 aliphatic rings. The van der Waals surface area contributed by atoms with E-state index in [1.54, 1.807) is 36.4 Å². The molecule has 5 nitrogen and oxygen atoms in total. The van der Waals surface area contributed by atoms with Crippen molar-refractivity contribution in [1.29, 1.82) is 0 Å². The van der Waals surface area contributed by atoms with Gasteiger partial charge in [-0.15, -0.1) is 12.6 Å². The summed E-state index contributed by atoms with van der Waals surface area (Å²) in [5.41, 5.74) is 1.50. The van der Waals surface area contributed by atoms with Crippen LogP contribution in [0.2, 0.25) is 0 Å². The zero-order valence-electron chi connectivity index (χ0n) is 12.9. The molecule has 0 saturated carbocycles. The third kappa shape index (κ3) is 3.19. The van der Waals surface area contributed by atoms with Gasteiger partial charge in [0.25, 0.3) is 11.8 Å². The Morgan fingerprint density at radius 2 is 1.54 bits per heavy atom. The number of imide groups is 1. The quantitative estimate of drug-likeness (QED) is 0.649. The first-order valence-corrected chi connectivity index (χ1v) is 8.05. The number of para-hydroxylation sites is 1. The smallest absolute Gasteiger partial charge is 0.261 e. The fourth-order valence-corrected chi connectivity index (χ4v) is 2.85. The van der Waals surface area contributed by atoms with Gasteiger partial charge in [-0.1, -0.05) is 24.3 Å². The molecule has 1 heterocycles. The van der Waals surface area contributed by atoms with Crippen molar-refractivity contribution in [3.63, 3.8) is 0 Å². The largest absolute Gasteiger partial charge is 0.325 e. The molecule has 0 spiro atoms. The summed E-state index contributed by atoms with van der Waals surface area (Å²) in [5, 5.41) is 2.77. The zero-order valence-corrected chi connectivity index (χ0v) is 13.8. The normalized spacial score (nSPS) is 13.1. The van der Waals surface area contributed by atoms with Crippen molar-refractivity contribution >= 4 is 36.0 Å². The number of rotatable bonds is 5. The van der Waals surface area contributed by atoms with Crippen molar-refractivity contribution in [3.05, 3.63) is 59.7 Å². The molecule has 3 amide bonds. The molecule has 122 valence electrons. The average molecular weight is 340 g/mol. The van der Waals surface area contributed by atoms with E-state index in [2.05, 4.69) is 17.9 Å². The molecule has 24 heavy (non-hydrogen) atoms.